The summed E-state index contributed by atoms with van der Waals surface area (Å²) in [6.45, 7) is 3.76. The molecule has 0 amide bonds. The van der Waals surface area contributed by atoms with Crippen LogP contribution in [0.15, 0.2) is 30.3 Å². The zero-order valence-electron chi connectivity index (χ0n) is 8.71. The van der Waals surface area contributed by atoms with Gasteiger partial charge in [0, 0.05) is 12.1 Å². The number of alkyl halides is 2. The van der Waals surface area contributed by atoms with Gasteiger partial charge in [-0.15, -0.1) is 0 Å². The largest absolute Gasteiger partial charge is 0.314 e. The number of halogens is 2. The van der Waals surface area contributed by atoms with Gasteiger partial charge in [-0.25, -0.2) is 8.78 Å². The van der Waals surface area contributed by atoms with Gasteiger partial charge in [-0.2, -0.15) is 0 Å². The molecule has 1 N–H and O–H groups in total. The lowest BCUT2D eigenvalue weighted by atomic mass is 10.1. The zero-order valence-corrected chi connectivity index (χ0v) is 8.71. The third kappa shape index (κ3) is 4.21. The molecule has 1 rings (SSSR count). The number of nitrogens with one attached hydrogen (secondary N) is 1. The maximum Gasteiger partial charge on any atom is 0.263 e. The summed E-state index contributed by atoms with van der Waals surface area (Å²) in [5.74, 6) is 0. The zero-order chi connectivity index (χ0) is 11.1. The minimum absolute atomic E-state index is 0.0684. The van der Waals surface area contributed by atoms with Crippen LogP contribution in [0, 0.1) is 0 Å². The molecule has 0 unspecified atom stereocenters. The summed E-state index contributed by atoms with van der Waals surface area (Å²) in [5.41, 5.74) is 1.01. The van der Waals surface area contributed by atoms with Crippen molar-refractivity contribution >= 4 is 6.08 Å². The highest BCUT2D eigenvalue weighted by molar-refractivity contribution is 5.49. The van der Waals surface area contributed by atoms with Gasteiger partial charge >= 0.3 is 0 Å². The Bertz CT molecular complexity index is 304. The Morgan fingerprint density at radius 1 is 1.27 bits per heavy atom. The molecule has 0 atom stereocenters. The van der Waals surface area contributed by atoms with Crippen LogP contribution in [-0.2, 0) is 0 Å². The van der Waals surface area contributed by atoms with Crippen molar-refractivity contribution in [1.82, 2.24) is 5.32 Å². The van der Waals surface area contributed by atoms with Crippen molar-refractivity contribution < 1.29 is 8.78 Å². The number of likely N-dealkylation sites (N-methyl/N-ethyl adjacent to an activating group) is 1. The Balaban J connectivity index is 2.53. The van der Waals surface area contributed by atoms with Gasteiger partial charge in [0.05, 0.1) is 0 Å². The summed E-state index contributed by atoms with van der Waals surface area (Å²) in [4.78, 5) is 0. The van der Waals surface area contributed by atoms with Gasteiger partial charge in [0.25, 0.3) is 6.43 Å². The monoisotopic (exact) mass is 211 g/mol. The molecule has 0 aromatic heterocycles. The lowest BCUT2D eigenvalue weighted by Crippen LogP contribution is -2.11. The summed E-state index contributed by atoms with van der Waals surface area (Å²) in [5, 5.41) is 3.14. The fourth-order valence-corrected chi connectivity index (χ4v) is 1.18. The number of hydrogen-bond acceptors (Lipinski definition) is 1. The van der Waals surface area contributed by atoms with Gasteiger partial charge in [0.1, 0.15) is 0 Å². The first-order valence-corrected chi connectivity index (χ1v) is 4.99. The van der Waals surface area contributed by atoms with Crippen LogP contribution in [0.4, 0.5) is 8.78 Å². The summed E-state index contributed by atoms with van der Waals surface area (Å²) >= 11 is 0. The van der Waals surface area contributed by atoms with Gasteiger partial charge in [-0.05, 0) is 12.1 Å². The molecule has 0 saturated heterocycles. The van der Waals surface area contributed by atoms with Crippen LogP contribution >= 0.6 is 0 Å². The molecule has 0 aliphatic heterocycles. The Labute approximate surface area is 88.8 Å². The van der Waals surface area contributed by atoms with E-state index in [1.807, 2.05) is 19.1 Å². The molecule has 0 radical (unpaired) electrons. The molecule has 3 heteroatoms. The normalized spacial score (nSPS) is 11.5. The first-order valence-electron chi connectivity index (χ1n) is 4.99. The van der Waals surface area contributed by atoms with Gasteiger partial charge in [0.2, 0.25) is 0 Å². The van der Waals surface area contributed by atoms with Crippen molar-refractivity contribution in [3.63, 3.8) is 0 Å². The predicted molar refractivity (Wildman–Crippen MR) is 59.0 cm³/mol. The van der Waals surface area contributed by atoms with Crippen LogP contribution in [0.1, 0.15) is 24.5 Å². The van der Waals surface area contributed by atoms with Gasteiger partial charge in [-0.1, -0.05) is 43.3 Å². The van der Waals surface area contributed by atoms with Crippen LogP contribution in [0.3, 0.4) is 0 Å². The van der Waals surface area contributed by atoms with Crippen LogP contribution in [0.2, 0.25) is 0 Å². The van der Waals surface area contributed by atoms with Gasteiger partial charge in [-0.3, -0.25) is 0 Å². The average Bonchev–Trinajstić information content (AvgIpc) is 2.25. The van der Waals surface area contributed by atoms with Crippen LogP contribution in [0.5, 0.6) is 0 Å². The molecular weight excluding hydrogens is 196 g/mol. The summed E-state index contributed by atoms with van der Waals surface area (Å²) in [6, 6.07) is 6.31. The maximum atomic E-state index is 12.2. The van der Waals surface area contributed by atoms with E-state index in [9.17, 15) is 8.78 Å². The van der Waals surface area contributed by atoms with E-state index in [-0.39, 0.29) is 5.56 Å². The van der Waals surface area contributed by atoms with E-state index in [0.29, 0.717) is 0 Å². The second-order valence-corrected chi connectivity index (χ2v) is 3.18. The lowest BCUT2D eigenvalue weighted by molar-refractivity contribution is 0.151. The minimum Gasteiger partial charge on any atom is -0.314 e. The summed E-state index contributed by atoms with van der Waals surface area (Å²) in [7, 11) is 0. The first kappa shape index (κ1) is 11.9. The van der Waals surface area contributed by atoms with E-state index in [1.165, 1.54) is 12.1 Å². The maximum absolute atomic E-state index is 12.2. The van der Waals surface area contributed by atoms with Crippen molar-refractivity contribution in [2.75, 3.05) is 13.1 Å². The van der Waals surface area contributed by atoms with Gasteiger partial charge < -0.3 is 5.32 Å². The highest BCUT2D eigenvalue weighted by atomic mass is 19.3. The Morgan fingerprint density at radius 3 is 2.47 bits per heavy atom. The van der Waals surface area contributed by atoms with E-state index in [1.54, 1.807) is 12.1 Å². The molecule has 15 heavy (non-hydrogen) atoms. The molecule has 0 aliphatic carbocycles. The summed E-state index contributed by atoms with van der Waals surface area (Å²) in [6.07, 6.45) is 1.50. The second-order valence-electron chi connectivity index (χ2n) is 3.18. The van der Waals surface area contributed by atoms with Crippen molar-refractivity contribution in [2.45, 2.75) is 13.3 Å². The van der Waals surface area contributed by atoms with Crippen molar-refractivity contribution in [3.05, 3.63) is 41.5 Å². The predicted octanol–water partition coefficient (Wildman–Crippen LogP) is 3.25. The van der Waals surface area contributed by atoms with Crippen LogP contribution < -0.4 is 5.32 Å². The van der Waals surface area contributed by atoms with E-state index >= 15 is 0 Å². The Morgan fingerprint density at radius 2 is 1.93 bits per heavy atom. The minimum atomic E-state index is -2.38. The molecule has 0 bridgehead atoms. The first-order chi connectivity index (χ1) is 7.24. The summed E-state index contributed by atoms with van der Waals surface area (Å²) < 4.78 is 24.4. The SMILES string of the molecule is CCNC/C=C/c1ccc(C(F)F)cc1. The fourth-order valence-electron chi connectivity index (χ4n) is 1.18. The van der Waals surface area contributed by atoms with Crippen LogP contribution in [-0.4, -0.2) is 13.1 Å². The quantitative estimate of drug-likeness (QED) is 0.737. The number of benzene rings is 1. The van der Waals surface area contributed by atoms with Crippen LogP contribution in [0.25, 0.3) is 6.08 Å². The topological polar surface area (TPSA) is 12.0 Å². The Hall–Kier alpha value is -1.22. The van der Waals surface area contributed by atoms with Crippen molar-refractivity contribution in [2.24, 2.45) is 0 Å². The molecular formula is C12H15F2N. The van der Waals surface area contributed by atoms with E-state index in [4.69, 9.17) is 0 Å². The second kappa shape index (κ2) is 6.30. The van der Waals surface area contributed by atoms with E-state index in [2.05, 4.69) is 5.32 Å². The molecule has 0 spiro atoms. The number of rotatable bonds is 5. The van der Waals surface area contributed by atoms with Gasteiger partial charge in [0.15, 0.2) is 0 Å². The third-order valence-corrected chi connectivity index (χ3v) is 2.01. The van der Waals surface area contributed by atoms with E-state index in [0.717, 1.165) is 18.7 Å². The molecule has 0 saturated carbocycles. The molecule has 82 valence electrons. The van der Waals surface area contributed by atoms with Crippen molar-refractivity contribution in [3.8, 4) is 0 Å². The molecule has 1 aromatic rings. The standard InChI is InChI=1S/C12H15F2N/c1-2-15-9-3-4-10-5-7-11(8-6-10)12(13)14/h3-8,12,15H,2,9H2,1H3/b4-3+. The third-order valence-electron chi connectivity index (χ3n) is 2.01. The van der Waals surface area contributed by atoms with E-state index < -0.39 is 6.43 Å². The highest BCUT2D eigenvalue weighted by Crippen LogP contribution is 2.18. The number of hydrogen-bond donors (Lipinski definition) is 1. The fraction of sp³-hybridized carbons (Fsp3) is 0.333. The smallest absolute Gasteiger partial charge is 0.263 e. The molecule has 0 heterocycles. The lowest BCUT2D eigenvalue weighted by Gasteiger charge is -1.99. The molecule has 1 aromatic carbocycles. The highest BCUT2D eigenvalue weighted by Gasteiger charge is 2.04. The van der Waals surface area contributed by atoms with Crippen molar-refractivity contribution in [1.29, 1.82) is 0 Å². The molecule has 1 nitrogen and oxygen atoms in total. The molecule has 0 aliphatic rings. The molecule has 0 fully saturated rings. The average molecular weight is 211 g/mol. The Kier molecular flexibility index (Phi) is 4.98.